The largest absolute Gasteiger partial charge is 0.505 e. The highest BCUT2D eigenvalue weighted by Crippen LogP contribution is 2.25. The standard InChI is InChI=1S/C9H12FNO2/c1-5-2-6(8(13)4-11)9(10)7(12)3-5/h2-3,8,12-13H,4,11H2,1H3. The number of nitrogens with two attached hydrogens (primary N) is 1. The van der Waals surface area contributed by atoms with Gasteiger partial charge in [-0.3, -0.25) is 0 Å². The molecule has 0 amide bonds. The highest BCUT2D eigenvalue weighted by atomic mass is 19.1. The van der Waals surface area contributed by atoms with Crippen LogP contribution in [0.3, 0.4) is 0 Å². The van der Waals surface area contributed by atoms with E-state index < -0.39 is 17.7 Å². The van der Waals surface area contributed by atoms with Crippen molar-refractivity contribution >= 4 is 0 Å². The Kier molecular flexibility index (Phi) is 2.85. The van der Waals surface area contributed by atoms with Gasteiger partial charge in [0.2, 0.25) is 0 Å². The summed E-state index contributed by atoms with van der Waals surface area (Å²) in [6, 6.07) is 2.76. The van der Waals surface area contributed by atoms with E-state index in [2.05, 4.69) is 0 Å². The fourth-order valence-corrected chi connectivity index (χ4v) is 1.15. The lowest BCUT2D eigenvalue weighted by molar-refractivity contribution is 0.180. The molecule has 0 radical (unpaired) electrons. The van der Waals surface area contributed by atoms with Crippen molar-refractivity contribution in [3.05, 3.63) is 29.1 Å². The third kappa shape index (κ3) is 1.96. The van der Waals surface area contributed by atoms with Gasteiger partial charge < -0.3 is 15.9 Å². The summed E-state index contributed by atoms with van der Waals surface area (Å²) >= 11 is 0. The van der Waals surface area contributed by atoms with Crippen molar-refractivity contribution in [2.75, 3.05) is 6.54 Å². The molecule has 0 bridgehead atoms. The lowest BCUT2D eigenvalue weighted by atomic mass is 10.1. The van der Waals surface area contributed by atoms with Crippen molar-refractivity contribution in [2.24, 2.45) is 5.73 Å². The lowest BCUT2D eigenvalue weighted by Gasteiger charge is -2.11. The molecule has 0 aromatic heterocycles. The summed E-state index contributed by atoms with van der Waals surface area (Å²) < 4.78 is 13.2. The van der Waals surface area contributed by atoms with Gasteiger partial charge in [0.25, 0.3) is 0 Å². The van der Waals surface area contributed by atoms with Crippen LogP contribution < -0.4 is 5.73 Å². The predicted molar refractivity (Wildman–Crippen MR) is 46.8 cm³/mol. The summed E-state index contributed by atoms with van der Waals surface area (Å²) in [7, 11) is 0. The molecule has 0 saturated heterocycles. The van der Waals surface area contributed by atoms with E-state index in [0.29, 0.717) is 5.56 Å². The van der Waals surface area contributed by atoms with Crippen LogP contribution in [0.15, 0.2) is 12.1 Å². The Bertz CT molecular complexity index is 315. The fourth-order valence-electron chi connectivity index (χ4n) is 1.15. The van der Waals surface area contributed by atoms with Gasteiger partial charge in [-0.15, -0.1) is 0 Å². The minimum atomic E-state index is -1.06. The Morgan fingerprint density at radius 1 is 1.54 bits per heavy atom. The number of aliphatic hydroxyl groups is 1. The van der Waals surface area contributed by atoms with Crippen LogP contribution in [0.25, 0.3) is 0 Å². The van der Waals surface area contributed by atoms with Gasteiger partial charge in [-0.1, -0.05) is 6.07 Å². The number of benzene rings is 1. The summed E-state index contributed by atoms with van der Waals surface area (Å²) in [5, 5.41) is 18.4. The minimum Gasteiger partial charge on any atom is -0.505 e. The molecule has 0 saturated carbocycles. The molecule has 72 valence electrons. The van der Waals surface area contributed by atoms with Gasteiger partial charge in [0.1, 0.15) is 0 Å². The third-order valence-corrected chi connectivity index (χ3v) is 1.81. The van der Waals surface area contributed by atoms with Crippen molar-refractivity contribution in [2.45, 2.75) is 13.0 Å². The molecule has 0 aliphatic heterocycles. The molecule has 1 rings (SSSR count). The summed E-state index contributed by atoms with van der Waals surface area (Å²) in [5.74, 6) is -1.26. The van der Waals surface area contributed by atoms with Crippen LogP contribution >= 0.6 is 0 Å². The zero-order chi connectivity index (χ0) is 10.0. The monoisotopic (exact) mass is 185 g/mol. The minimum absolute atomic E-state index is 0.0417. The van der Waals surface area contributed by atoms with E-state index >= 15 is 0 Å². The molecule has 0 heterocycles. The summed E-state index contributed by atoms with van der Waals surface area (Å²) in [4.78, 5) is 0. The van der Waals surface area contributed by atoms with Crippen LogP contribution in [0.5, 0.6) is 5.75 Å². The first-order valence-corrected chi connectivity index (χ1v) is 3.93. The first-order chi connectivity index (χ1) is 6.06. The second-order valence-electron chi connectivity index (χ2n) is 2.94. The lowest BCUT2D eigenvalue weighted by Crippen LogP contribution is -2.13. The van der Waals surface area contributed by atoms with Crippen molar-refractivity contribution in [1.82, 2.24) is 0 Å². The Balaban J connectivity index is 3.20. The molecule has 1 unspecified atom stereocenters. The van der Waals surface area contributed by atoms with E-state index in [9.17, 15) is 9.50 Å². The molecule has 0 aliphatic rings. The van der Waals surface area contributed by atoms with Crippen LogP contribution in [0.4, 0.5) is 4.39 Å². The molecule has 4 N–H and O–H groups in total. The van der Waals surface area contributed by atoms with Gasteiger partial charge in [-0.2, -0.15) is 0 Å². The van der Waals surface area contributed by atoms with Crippen LogP contribution in [0, 0.1) is 12.7 Å². The molecule has 1 aromatic carbocycles. The van der Waals surface area contributed by atoms with E-state index in [0.717, 1.165) is 0 Å². The molecular formula is C9H12FNO2. The number of rotatable bonds is 2. The molecule has 1 aromatic rings. The Hall–Kier alpha value is -1.13. The van der Waals surface area contributed by atoms with Crippen molar-refractivity contribution in [1.29, 1.82) is 0 Å². The average Bonchev–Trinajstić information content (AvgIpc) is 2.10. The highest BCUT2D eigenvalue weighted by Gasteiger charge is 2.14. The number of aryl methyl sites for hydroxylation is 1. The maximum atomic E-state index is 13.2. The van der Waals surface area contributed by atoms with Crippen molar-refractivity contribution in [3.8, 4) is 5.75 Å². The fraction of sp³-hybridized carbons (Fsp3) is 0.333. The predicted octanol–water partition coefficient (Wildman–Crippen LogP) is 0.832. The molecule has 1 atom stereocenters. The number of halogens is 1. The molecule has 0 aliphatic carbocycles. The molecule has 0 fully saturated rings. The van der Waals surface area contributed by atoms with Crippen molar-refractivity contribution < 1.29 is 14.6 Å². The molecule has 3 nitrogen and oxygen atoms in total. The van der Waals surface area contributed by atoms with E-state index in [4.69, 9.17) is 10.8 Å². The number of phenolic OH excluding ortho intramolecular Hbond substituents is 1. The maximum absolute atomic E-state index is 13.2. The number of phenols is 1. The number of hydrogen-bond acceptors (Lipinski definition) is 3. The topological polar surface area (TPSA) is 66.5 Å². The average molecular weight is 185 g/mol. The van der Waals surface area contributed by atoms with Crippen LogP contribution in [0.1, 0.15) is 17.2 Å². The van der Waals surface area contributed by atoms with Gasteiger partial charge in [0.15, 0.2) is 11.6 Å². The van der Waals surface area contributed by atoms with E-state index in [1.54, 1.807) is 6.92 Å². The Morgan fingerprint density at radius 3 is 2.69 bits per heavy atom. The first-order valence-electron chi connectivity index (χ1n) is 3.93. The van der Waals surface area contributed by atoms with Crippen LogP contribution in [-0.4, -0.2) is 16.8 Å². The van der Waals surface area contributed by atoms with Gasteiger partial charge in [-0.05, 0) is 18.6 Å². The van der Waals surface area contributed by atoms with Gasteiger partial charge in [0, 0.05) is 12.1 Å². The Labute approximate surface area is 75.6 Å². The SMILES string of the molecule is Cc1cc(O)c(F)c(C(O)CN)c1. The smallest absolute Gasteiger partial charge is 0.170 e. The van der Waals surface area contributed by atoms with Gasteiger partial charge in [-0.25, -0.2) is 4.39 Å². The van der Waals surface area contributed by atoms with Crippen molar-refractivity contribution in [3.63, 3.8) is 0 Å². The first kappa shape index (κ1) is 9.95. The van der Waals surface area contributed by atoms with Crippen LogP contribution in [-0.2, 0) is 0 Å². The number of aliphatic hydroxyl groups excluding tert-OH is 1. The van der Waals surface area contributed by atoms with Crippen LogP contribution in [0.2, 0.25) is 0 Å². The quantitative estimate of drug-likeness (QED) is 0.639. The van der Waals surface area contributed by atoms with Gasteiger partial charge >= 0.3 is 0 Å². The van der Waals surface area contributed by atoms with E-state index in [1.165, 1.54) is 12.1 Å². The highest BCUT2D eigenvalue weighted by molar-refractivity contribution is 5.36. The third-order valence-electron chi connectivity index (χ3n) is 1.81. The molecule has 4 heteroatoms. The van der Waals surface area contributed by atoms with Gasteiger partial charge in [0.05, 0.1) is 6.10 Å². The molecule has 0 spiro atoms. The normalized spacial score (nSPS) is 12.9. The molecule has 13 heavy (non-hydrogen) atoms. The summed E-state index contributed by atoms with van der Waals surface area (Å²) in [5.41, 5.74) is 5.90. The number of hydrogen-bond donors (Lipinski definition) is 3. The summed E-state index contributed by atoms with van der Waals surface area (Å²) in [6.45, 7) is 1.63. The second-order valence-corrected chi connectivity index (χ2v) is 2.94. The zero-order valence-corrected chi connectivity index (χ0v) is 7.29. The second kappa shape index (κ2) is 3.72. The molecular weight excluding hydrogens is 173 g/mol. The van der Waals surface area contributed by atoms with E-state index in [-0.39, 0.29) is 12.1 Å². The zero-order valence-electron chi connectivity index (χ0n) is 7.29. The number of aromatic hydroxyl groups is 1. The Morgan fingerprint density at radius 2 is 2.15 bits per heavy atom. The maximum Gasteiger partial charge on any atom is 0.170 e. The summed E-state index contributed by atoms with van der Waals surface area (Å²) in [6.07, 6.45) is -1.06. The van der Waals surface area contributed by atoms with E-state index in [1.807, 2.05) is 0 Å².